The van der Waals surface area contributed by atoms with E-state index in [1.165, 1.54) is 5.56 Å². The van der Waals surface area contributed by atoms with Crippen LogP contribution in [0.3, 0.4) is 0 Å². The summed E-state index contributed by atoms with van der Waals surface area (Å²) in [7, 11) is 0. The van der Waals surface area contributed by atoms with Crippen molar-refractivity contribution < 1.29 is 0 Å². The van der Waals surface area contributed by atoms with Crippen molar-refractivity contribution in [2.24, 2.45) is 5.92 Å². The van der Waals surface area contributed by atoms with Gasteiger partial charge in [-0.25, -0.2) is 0 Å². The van der Waals surface area contributed by atoms with Crippen molar-refractivity contribution in [3.05, 3.63) is 34.9 Å². The molecule has 0 bridgehead atoms. The van der Waals surface area contributed by atoms with Gasteiger partial charge in [-0.2, -0.15) is 0 Å². The van der Waals surface area contributed by atoms with Gasteiger partial charge in [-0.05, 0) is 24.5 Å². The van der Waals surface area contributed by atoms with Crippen LogP contribution in [0.1, 0.15) is 19.4 Å². The van der Waals surface area contributed by atoms with E-state index in [0.29, 0.717) is 12.0 Å². The van der Waals surface area contributed by atoms with Gasteiger partial charge in [0, 0.05) is 6.04 Å². The summed E-state index contributed by atoms with van der Waals surface area (Å²) >= 11 is 6.13. The number of hydrogen-bond donors (Lipinski definition) is 1. The van der Waals surface area contributed by atoms with E-state index >= 15 is 0 Å². The Morgan fingerprint density at radius 2 is 2.07 bits per heavy atom. The van der Waals surface area contributed by atoms with Crippen LogP contribution in [0.2, 0.25) is 5.02 Å². The molecule has 1 aromatic carbocycles. The molecule has 2 rings (SSSR count). The van der Waals surface area contributed by atoms with Crippen molar-refractivity contribution >= 4 is 23.4 Å². The van der Waals surface area contributed by atoms with Crippen LogP contribution >= 0.6 is 11.6 Å². The Morgan fingerprint density at radius 3 is 2.86 bits per heavy atom. The molecule has 0 aromatic heterocycles. The third kappa shape index (κ3) is 1.64. The lowest BCUT2D eigenvalue weighted by Gasteiger charge is -2.18. The zero-order valence-electron chi connectivity index (χ0n) is 8.42. The predicted octanol–water partition coefficient (Wildman–Crippen LogP) is 3.80. The zero-order valence-corrected chi connectivity index (χ0v) is 9.18. The van der Waals surface area contributed by atoms with E-state index in [2.05, 4.69) is 37.4 Å². The highest BCUT2D eigenvalue weighted by atomic mass is 35.5. The molecule has 74 valence electrons. The molecule has 0 radical (unpaired) electrons. The normalized spacial score (nSPS) is 25.1. The maximum atomic E-state index is 6.13. The van der Waals surface area contributed by atoms with E-state index < -0.39 is 0 Å². The van der Waals surface area contributed by atoms with Gasteiger partial charge >= 0.3 is 0 Å². The van der Waals surface area contributed by atoms with Crippen LogP contribution in [0.5, 0.6) is 0 Å². The van der Waals surface area contributed by atoms with Crippen LogP contribution in [0.4, 0.5) is 5.69 Å². The fourth-order valence-electron chi connectivity index (χ4n) is 1.61. The molecule has 1 N–H and O–H groups in total. The van der Waals surface area contributed by atoms with E-state index in [4.69, 9.17) is 11.6 Å². The van der Waals surface area contributed by atoms with Crippen molar-refractivity contribution in [3.8, 4) is 0 Å². The lowest BCUT2D eigenvalue weighted by atomic mass is 10.0. The topological polar surface area (TPSA) is 12.0 Å². The van der Waals surface area contributed by atoms with Crippen LogP contribution in [0.25, 0.3) is 6.08 Å². The molecule has 2 heteroatoms. The first-order valence-corrected chi connectivity index (χ1v) is 5.29. The molecule has 1 aliphatic heterocycles. The Hall–Kier alpha value is -0.950. The van der Waals surface area contributed by atoms with Crippen LogP contribution < -0.4 is 5.32 Å². The molecule has 2 atom stereocenters. The Morgan fingerprint density at radius 1 is 1.29 bits per heavy atom. The van der Waals surface area contributed by atoms with Crippen molar-refractivity contribution in [3.63, 3.8) is 0 Å². The van der Waals surface area contributed by atoms with E-state index in [9.17, 15) is 0 Å². The molecular weight excluding hydrogens is 194 g/mol. The molecule has 1 nitrogen and oxygen atoms in total. The maximum absolute atomic E-state index is 6.13. The fourth-order valence-corrected chi connectivity index (χ4v) is 1.85. The van der Waals surface area contributed by atoms with Crippen molar-refractivity contribution in [2.45, 2.75) is 19.9 Å². The quantitative estimate of drug-likeness (QED) is 0.683. The van der Waals surface area contributed by atoms with Crippen LogP contribution in [0.15, 0.2) is 24.3 Å². The molecule has 0 amide bonds. The number of fused-ring (bicyclic) bond motifs is 1. The molecule has 0 saturated heterocycles. The lowest BCUT2D eigenvalue weighted by molar-refractivity contribution is 0.623. The van der Waals surface area contributed by atoms with Gasteiger partial charge < -0.3 is 5.32 Å². The highest BCUT2D eigenvalue weighted by Crippen LogP contribution is 2.31. The van der Waals surface area contributed by atoms with Gasteiger partial charge in [0.1, 0.15) is 0 Å². The maximum Gasteiger partial charge on any atom is 0.0643 e. The molecular formula is C12H14ClN. The van der Waals surface area contributed by atoms with Crippen LogP contribution in [-0.4, -0.2) is 6.04 Å². The Balaban J connectivity index is 2.48. The number of para-hydroxylation sites is 1. The third-order valence-electron chi connectivity index (χ3n) is 2.79. The summed E-state index contributed by atoms with van der Waals surface area (Å²) in [6.45, 7) is 4.38. The van der Waals surface area contributed by atoms with E-state index in [1.54, 1.807) is 0 Å². The second kappa shape index (κ2) is 3.66. The average Bonchev–Trinajstić information content (AvgIpc) is 2.30. The van der Waals surface area contributed by atoms with Gasteiger partial charge in [-0.3, -0.25) is 0 Å². The summed E-state index contributed by atoms with van der Waals surface area (Å²) < 4.78 is 0. The number of hydrogen-bond acceptors (Lipinski definition) is 1. The summed E-state index contributed by atoms with van der Waals surface area (Å²) in [5, 5.41) is 4.25. The van der Waals surface area contributed by atoms with Gasteiger partial charge in [0.25, 0.3) is 0 Å². The van der Waals surface area contributed by atoms with E-state index in [-0.39, 0.29) is 0 Å². The molecule has 1 heterocycles. The minimum atomic E-state index is 0.424. The summed E-state index contributed by atoms with van der Waals surface area (Å²) in [6, 6.07) is 6.40. The summed E-state index contributed by atoms with van der Waals surface area (Å²) in [6.07, 6.45) is 4.36. The highest BCUT2D eigenvalue weighted by molar-refractivity contribution is 6.33. The predicted molar refractivity (Wildman–Crippen MR) is 62.7 cm³/mol. The smallest absolute Gasteiger partial charge is 0.0643 e. The first-order chi connectivity index (χ1) is 6.68. The first-order valence-electron chi connectivity index (χ1n) is 4.92. The highest BCUT2D eigenvalue weighted by Gasteiger charge is 2.15. The second-order valence-corrected chi connectivity index (χ2v) is 4.26. The SMILES string of the molecule is C[C@H]1C=Cc2cccc(Cl)c2N[C@@H]1C. The molecule has 0 unspecified atom stereocenters. The summed E-state index contributed by atoms with van der Waals surface area (Å²) in [5.41, 5.74) is 2.23. The van der Waals surface area contributed by atoms with Gasteiger partial charge in [0.05, 0.1) is 10.7 Å². The minimum absolute atomic E-state index is 0.424. The monoisotopic (exact) mass is 207 g/mol. The number of benzene rings is 1. The Bertz CT molecular complexity index is 371. The summed E-state index contributed by atoms with van der Waals surface area (Å²) in [5.74, 6) is 0.526. The molecule has 1 aliphatic rings. The van der Waals surface area contributed by atoms with Crippen molar-refractivity contribution in [1.29, 1.82) is 0 Å². The van der Waals surface area contributed by atoms with Gasteiger partial charge in [0.15, 0.2) is 0 Å². The van der Waals surface area contributed by atoms with Crippen LogP contribution in [-0.2, 0) is 0 Å². The number of anilines is 1. The lowest BCUT2D eigenvalue weighted by Crippen LogP contribution is -2.21. The Kier molecular flexibility index (Phi) is 2.51. The van der Waals surface area contributed by atoms with Gasteiger partial charge in [-0.15, -0.1) is 0 Å². The molecule has 0 aliphatic carbocycles. The third-order valence-corrected chi connectivity index (χ3v) is 3.10. The van der Waals surface area contributed by atoms with Crippen LogP contribution in [0, 0.1) is 5.92 Å². The first kappa shape index (κ1) is 9.60. The molecule has 14 heavy (non-hydrogen) atoms. The van der Waals surface area contributed by atoms with Crippen molar-refractivity contribution in [1.82, 2.24) is 0 Å². The molecule has 1 aromatic rings. The largest absolute Gasteiger partial charge is 0.380 e. The standard InChI is InChI=1S/C12H14ClN/c1-8-6-7-10-4-3-5-11(13)12(10)14-9(8)2/h3-9,14H,1-2H3/t8-,9+/m0/s1. The van der Waals surface area contributed by atoms with E-state index in [0.717, 1.165) is 10.7 Å². The van der Waals surface area contributed by atoms with Gasteiger partial charge in [-0.1, -0.05) is 42.8 Å². The Labute approximate surface area is 89.8 Å². The molecule has 0 fully saturated rings. The molecule has 0 spiro atoms. The molecule has 0 saturated carbocycles. The second-order valence-electron chi connectivity index (χ2n) is 3.86. The average molecular weight is 208 g/mol. The van der Waals surface area contributed by atoms with Crippen molar-refractivity contribution in [2.75, 3.05) is 5.32 Å². The number of halogens is 1. The number of nitrogens with one attached hydrogen (secondary N) is 1. The fraction of sp³-hybridized carbons (Fsp3) is 0.333. The van der Waals surface area contributed by atoms with E-state index in [1.807, 2.05) is 12.1 Å². The number of rotatable bonds is 0. The summed E-state index contributed by atoms with van der Waals surface area (Å²) in [4.78, 5) is 0. The minimum Gasteiger partial charge on any atom is -0.380 e. The zero-order chi connectivity index (χ0) is 10.1. The van der Waals surface area contributed by atoms with Gasteiger partial charge in [0.2, 0.25) is 0 Å².